The van der Waals surface area contributed by atoms with E-state index in [0.29, 0.717) is 24.9 Å². The van der Waals surface area contributed by atoms with Crippen molar-refractivity contribution in [1.82, 2.24) is 14.7 Å². The molecule has 0 N–H and O–H groups in total. The van der Waals surface area contributed by atoms with Crippen LogP contribution >= 0.6 is 0 Å². The first kappa shape index (κ1) is 22.3. The molecule has 1 aromatic carbocycles. The highest BCUT2D eigenvalue weighted by molar-refractivity contribution is 5.94. The molecule has 5 heteroatoms. The minimum absolute atomic E-state index is 0.0111. The van der Waals surface area contributed by atoms with Crippen LogP contribution in [-0.4, -0.2) is 71.8 Å². The Bertz CT molecular complexity index is 740. The summed E-state index contributed by atoms with van der Waals surface area (Å²) in [7, 11) is 0. The third-order valence-electron chi connectivity index (χ3n) is 7.80. The van der Waals surface area contributed by atoms with Gasteiger partial charge in [-0.1, -0.05) is 38.8 Å². The van der Waals surface area contributed by atoms with Crippen LogP contribution in [0.25, 0.3) is 0 Å². The summed E-state index contributed by atoms with van der Waals surface area (Å²) in [5.74, 6) is 1.69. The number of piperidine rings is 1. The van der Waals surface area contributed by atoms with Gasteiger partial charge in [-0.2, -0.15) is 0 Å². The molecule has 0 aromatic heterocycles. The molecular weight excluding hydrogens is 386 g/mol. The van der Waals surface area contributed by atoms with Gasteiger partial charge in [0.05, 0.1) is 6.04 Å². The molecule has 170 valence electrons. The summed E-state index contributed by atoms with van der Waals surface area (Å²) in [5, 5.41) is 0. The van der Waals surface area contributed by atoms with Gasteiger partial charge in [-0.15, -0.1) is 0 Å². The fourth-order valence-corrected chi connectivity index (χ4v) is 5.61. The van der Waals surface area contributed by atoms with Gasteiger partial charge in [-0.25, -0.2) is 0 Å². The molecule has 1 saturated carbocycles. The van der Waals surface area contributed by atoms with E-state index in [9.17, 15) is 9.59 Å². The number of carbonyl (C=O) groups is 2. The maximum Gasteiger partial charge on any atom is 0.253 e. The lowest BCUT2D eigenvalue weighted by Gasteiger charge is -2.43. The van der Waals surface area contributed by atoms with Crippen LogP contribution in [0.5, 0.6) is 0 Å². The number of benzene rings is 1. The smallest absolute Gasteiger partial charge is 0.253 e. The summed E-state index contributed by atoms with van der Waals surface area (Å²) in [4.78, 5) is 33.1. The van der Waals surface area contributed by atoms with Crippen LogP contribution in [0.3, 0.4) is 0 Å². The monoisotopic (exact) mass is 425 g/mol. The topological polar surface area (TPSA) is 43.9 Å². The Hall–Kier alpha value is -1.88. The largest absolute Gasteiger partial charge is 0.341 e. The highest BCUT2D eigenvalue weighted by Crippen LogP contribution is 2.33. The number of nitrogens with zero attached hydrogens (tertiary/aromatic N) is 3. The van der Waals surface area contributed by atoms with Gasteiger partial charge in [0.1, 0.15) is 0 Å². The Morgan fingerprint density at radius 3 is 2.06 bits per heavy atom. The van der Waals surface area contributed by atoms with Crippen molar-refractivity contribution in [3.05, 3.63) is 35.4 Å². The molecule has 1 atom stereocenters. The molecule has 4 rings (SSSR count). The number of aryl methyl sites for hydroxylation is 1. The van der Waals surface area contributed by atoms with E-state index in [2.05, 4.69) is 35.8 Å². The molecule has 5 nitrogen and oxygen atoms in total. The first-order valence-corrected chi connectivity index (χ1v) is 12.5. The second-order valence-corrected chi connectivity index (χ2v) is 9.88. The van der Waals surface area contributed by atoms with E-state index < -0.39 is 0 Å². The molecule has 1 aliphatic carbocycles. The molecule has 2 heterocycles. The highest BCUT2D eigenvalue weighted by Gasteiger charge is 2.39. The zero-order valence-electron chi connectivity index (χ0n) is 19.4. The average Bonchev–Trinajstić information content (AvgIpc) is 3.34. The second-order valence-electron chi connectivity index (χ2n) is 9.88. The first-order chi connectivity index (χ1) is 15.1. The lowest BCUT2D eigenvalue weighted by molar-refractivity contribution is -0.141. The van der Waals surface area contributed by atoms with Gasteiger partial charge in [0.25, 0.3) is 5.91 Å². The number of likely N-dealkylation sites (tertiary alicyclic amines) is 1. The van der Waals surface area contributed by atoms with Crippen LogP contribution < -0.4 is 0 Å². The van der Waals surface area contributed by atoms with E-state index in [1.807, 2.05) is 17.0 Å². The van der Waals surface area contributed by atoms with Crippen molar-refractivity contribution >= 4 is 11.8 Å². The third kappa shape index (κ3) is 5.14. The fraction of sp³-hybridized carbons (Fsp3) is 0.692. The maximum absolute atomic E-state index is 13.6. The standard InChI is InChI=1S/C26H39N3O2/c1-3-21-8-10-23(11-9-21)25(30)29-18-16-27(17-19-29)24(22-6-4-5-7-22)26(31)28-14-12-20(2)13-15-28/h8-11,20,22,24H,3-7,12-19H2,1-2H3/t24-/m0/s1. The second kappa shape index (κ2) is 10.2. The Balaban J connectivity index is 1.40. The zero-order valence-corrected chi connectivity index (χ0v) is 19.4. The lowest BCUT2D eigenvalue weighted by Crippen LogP contribution is -2.59. The lowest BCUT2D eigenvalue weighted by atomic mass is 9.92. The summed E-state index contributed by atoms with van der Waals surface area (Å²) >= 11 is 0. The summed E-state index contributed by atoms with van der Waals surface area (Å²) in [6.07, 6.45) is 8.08. The fourth-order valence-electron chi connectivity index (χ4n) is 5.61. The third-order valence-corrected chi connectivity index (χ3v) is 7.80. The number of hydrogen-bond donors (Lipinski definition) is 0. The molecule has 31 heavy (non-hydrogen) atoms. The van der Waals surface area contributed by atoms with Gasteiger partial charge in [0.2, 0.25) is 5.91 Å². The Morgan fingerprint density at radius 2 is 1.48 bits per heavy atom. The molecule has 2 amide bonds. The van der Waals surface area contributed by atoms with Crippen molar-refractivity contribution in [1.29, 1.82) is 0 Å². The number of carbonyl (C=O) groups excluding carboxylic acids is 2. The summed E-state index contributed by atoms with van der Waals surface area (Å²) < 4.78 is 0. The quantitative estimate of drug-likeness (QED) is 0.720. The Morgan fingerprint density at radius 1 is 0.871 bits per heavy atom. The van der Waals surface area contributed by atoms with Gasteiger partial charge in [-0.3, -0.25) is 14.5 Å². The van der Waals surface area contributed by atoms with Crippen molar-refractivity contribution in [3.63, 3.8) is 0 Å². The summed E-state index contributed by atoms with van der Waals surface area (Å²) in [6, 6.07) is 8.03. The molecule has 0 unspecified atom stereocenters. The maximum atomic E-state index is 13.6. The van der Waals surface area contributed by atoms with Crippen LogP contribution in [0.4, 0.5) is 0 Å². The normalized spacial score (nSPS) is 22.6. The number of amides is 2. The van der Waals surface area contributed by atoms with Crippen LogP contribution in [0.2, 0.25) is 0 Å². The molecule has 2 aliphatic heterocycles. The summed E-state index contributed by atoms with van der Waals surface area (Å²) in [6.45, 7) is 9.27. The molecule has 1 aromatic rings. The van der Waals surface area contributed by atoms with E-state index in [-0.39, 0.29) is 11.9 Å². The number of piperazine rings is 1. The molecule has 0 radical (unpaired) electrons. The van der Waals surface area contributed by atoms with E-state index in [4.69, 9.17) is 0 Å². The minimum Gasteiger partial charge on any atom is -0.341 e. The number of rotatable bonds is 5. The van der Waals surface area contributed by atoms with E-state index >= 15 is 0 Å². The Kier molecular flexibility index (Phi) is 7.31. The molecular formula is C26H39N3O2. The van der Waals surface area contributed by atoms with Gasteiger partial charge in [0.15, 0.2) is 0 Å². The van der Waals surface area contributed by atoms with Crippen LogP contribution in [0, 0.1) is 11.8 Å². The van der Waals surface area contributed by atoms with Gasteiger partial charge in [-0.05, 0) is 61.6 Å². The van der Waals surface area contributed by atoms with Crippen molar-refractivity contribution in [2.75, 3.05) is 39.3 Å². The molecule has 0 spiro atoms. The molecule has 3 aliphatic rings. The van der Waals surface area contributed by atoms with Gasteiger partial charge in [0, 0.05) is 44.8 Å². The van der Waals surface area contributed by atoms with E-state index in [1.54, 1.807) is 0 Å². The van der Waals surface area contributed by atoms with Crippen molar-refractivity contribution in [3.8, 4) is 0 Å². The average molecular weight is 426 g/mol. The first-order valence-electron chi connectivity index (χ1n) is 12.5. The SMILES string of the molecule is CCc1ccc(C(=O)N2CCN([C@H](C(=O)N3CCC(C)CC3)C3CCCC3)CC2)cc1. The predicted octanol–water partition coefficient (Wildman–Crippen LogP) is 3.82. The molecule has 0 bridgehead atoms. The van der Waals surface area contributed by atoms with E-state index in [1.165, 1.54) is 31.2 Å². The van der Waals surface area contributed by atoms with Gasteiger partial charge < -0.3 is 9.80 Å². The van der Waals surface area contributed by atoms with Crippen LogP contribution in [-0.2, 0) is 11.2 Å². The minimum atomic E-state index is 0.0111. The predicted molar refractivity (Wildman–Crippen MR) is 124 cm³/mol. The van der Waals surface area contributed by atoms with Crippen LogP contribution in [0.15, 0.2) is 24.3 Å². The van der Waals surface area contributed by atoms with Crippen molar-refractivity contribution in [2.24, 2.45) is 11.8 Å². The summed E-state index contributed by atoms with van der Waals surface area (Å²) in [5.41, 5.74) is 2.03. The Labute approximate surface area is 187 Å². The van der Waals surface area contributed by atoms with Crippen LogP contribution in [0.1, 0.15) is 68.3 Å². The zero-order chi connectivity index (χ0) is 21.8. The highest BCUT2D eigenvalue weighted by atomic mass is 16.2. The van der Waals surface area contributed by atoms with Gasteiger partial charge >= 0.3 is 0 Å². The van der Waals surface area contributed by atoms with Crippen molar-refractivity contribution < 1.29 is 9.59 Å². The van der Waals surface area contributed by atoms with Crippen molar-refractivity contribution in [2.45, 2.75) is 64.8 Å². The van der Waals surface area contributed by atoms with E-state index in [0.717, 1.165) is 56.9 Å². The molecule has 2 saturated heterocycles. The molecule has 3 fully saturated rings. The number of hydrogen-bond acceptors (Lipinski definition) is 3.